The minimum Gasteiger partial charge on any atom is -0.381 e. The Balaban J connectivity index is 1.77. The van der Waals surface area contributed by atoms with Crippen LogP contribution in [0.5, 0.6) is 0 Å². The Labute approximate surface area is 137 Å². The number of carbonyl (C=O) groups is 2. The molecule has 0 unspecified atom stereocenters. The van der Waals surface area contributed by atoms with E-state index in [1.807, 2.05) is 44.0 Å². The van der Waals surface area contributed by atoms with Crippen molar-refractivity contribution in [1.82, 2.24) is 10.2 Å². The summed E-state index contributed by atoms with van der Waals surface area (Å²) in [4.78, 5) is 25.8. The van der Waals surface area contributed by atoms with Crippen LogP contribution in [-0.2, 0) is 9.53 Å². The van der Waals surface area contributed by atoms with Crippen LogP contribution in [0, 0.1) is 19.8 Å². The first kappa shape index (κ1) is 17.4. The van der Waals surface area contributed by atoms with E-state index in [1.54, 1.807) is 0 Å². The second-order valence-corrected chi connectivity index (χ2v) is 6.18. The predicted molar refractivity (Wildman–Crippen MR) is 89.5 cm³/mol. The average Bonchev–Trinajstić information content (AvgIpc) is 2.96. The number of urea groups is 1. The molecule has 1 saturated heterocycles. The van der Waals surface area contributed by atoms with Crippen molar-refractivity contribution in [3.8, 4) is 0 Å². The second kappa shape index (κ2) is 8.08. The van der Waals surface area contributed by atoms with Crippen molar-refractivity contribution in [2.24, 2.45) is 5.92 Å². The lowest BCUT2D eigenvalue weighted by molar-refractivity contribution is -0.120. The molecule has 0 saturated carbocycles. The molecule has 1 aliphatic heterocycles. The highest BCUT2D eigenvalue weighted by molar-refractivity contribution is 6.02. The quantitative estimate of drug-likeness (QED) is 0.870. The molecule has 126 valence electrons. The minimum atomic E-state index is -0.499. The van der Waals surface area contributed by atoms with Gasteiger partial charge in [0.05, 0.1) is 13.2 Å². The van der Waals surface area contributed by atoms with Gasteiger partial charge in [0.25, 0.3) is 0 Å². The number of aryl methyl sites for hydroxylation is 1. The standard InChI is InChI=1S/C17H25N3O3/c1-12-5-4-6-15(13(12)2)18-17(22)19-16(21)10-20(3)9-14-7-8-23-11-14/h4-6,14H,7-11H2,1-3H3,(H2,18,19,21,22)/t14-/m1/s1. The number of nitrogens with zero attached hydrogens (tertiary/aromatic N) is 1. The second-order valence-electron chi connectivity index (χ2n) is 6.18. The van der Waals surface area contributed by atoms with Gasteiger partial charge in [-0.05, 0) is 50.4 Å². The van der Waals surface area contributed by atoms with Gasteiger partial charge in [-0.15, -0.1) is 0 Å². The van der Waals surface area contributed by atoms with E-state index in [4.69, 9.17) is 4.74 Å². The van der Waals surface area contributed by atoms with E-state index in [0.29, 0.717) is 11.6 Å². The first-order valence-electron chi connectivity index (χ1n) is 7.89. The molecule has 0 bridgehead atoms. The fourth-order valence-electron chi connectivity index (χ4n) is 2.68. The Hall–Kier alpha value is -1.92. The van der Waals surface area contributed by atoms with Crippen LogP contribution < -0.4 is 10.6 Å². The summed E-state index contributed by atoms with van der Waals surface area (Å²) in [6.07, 6.45) is 1.03. The number of carbonyl (C=O) groups excluding carboxylic acids is 2. The smallest absolute Gasteiger partial charge is 0.325 e. The maximum atomic E-state index is 11.9. The lowest BCUT2D eigenvalue weighted by atomic mass is 10.1. The SMILES string of the molecule is Cc1cccc(NC(=O)NC(=O)CN(C)C[C@H]2CCOC2)c1C. The van der Waals surface area contributed by atoms with Gasteiger partial charge in [-0.25, -0.2) is 4.79 Å². The van der Waals surface area contributed by atoms with Crippen molar-refractivity contribution in [1.29, 1.82) is 0 Å². The van der Waals surface area contributed by atoms with Gasteiger partial charge in [0.2, 0.25) is 5.91 Å². The number of anilines is 1. The zero-order valence-corrected chi connectivity index (χ0v) is 14.0. The Morgan fingerprint density at radius 1 is 1.35 bits per heavy atom. The summed E-state index contributed by atoms with van der Waals surface area (Å²) in [6.45, 7) is 6.44. The number of hydrogen-bond acceptors (Lipinski definition) is 4. The third-order valence-corrected chi connectivity index (χ3v) is 4.11. The van der Waals surface area contributed by atoms with Crippen LogP contribution in [0.4, 0.5) is 10.5 Å². The fourth-order valence-corrected chi connectivity index (χ4v) is 2.68. The van der Waals surface area contributed by atoms with E-state index in [2.05, 4.69) is 10.6 Å². The van der Waals surface area contributed by atoms with Crippen LogP contribution in [0.1, 0.15) is 17.5 Å². The molecule has 0 aliphatic carbocycles. The molecule has 1 aromatic rings. The van der Waals surface area contributed by atoms with Crippen molar-refractivity contribution >= 4 is 17.6 Å². The number of imide groups is 1. The number of benzene rings is 1. The molecule has 0 aromatic heterocycles. The van der Waals surface area contributed by atoms with E-state index in [9.17, 15) is 9.59 Å². The van der Waals surface area contributed by atoms with Gasteiger partial charge >= 0.3 is 6.03 Å². The molecular formula is C17H25N3O3. The van der Waals surface area contributed by atoms with Crippen LogP contribution in [0.15, 0.2) is 18.2 Å². The lowest BCUT2D eigenvalue weighted by Crippen LogP contribution is -2.42. The van der Waals surface area contributed by atoms with Gasteiger partial charge in [0, 0.05) is 18.8 Å². The number of rotatable bonds is 5. The number of nitrogens with one attached hydrogen (secondary N) is 2. The normalized spacial score (nSPS) is 17.3. The molecule has 1 aliphatic rings. The Kier molecular flexibility index (Phi) is 6.12. The molecule has 6 heteroatoms. The van der Waals surface area contributed by atoms with Crippen molar-refractivity contribution in [2.75, 3.05) is 38.7 Å². The predicted octanol–water partition coefficient (Wildman–Crippen LogP) is 1.92. The summed E-state index contributed by atoms with van der Waals surface area (Å²) in [6, 6.07) is 5.17. The van der Waals surface area contributed by atoms with Gasteiger partial charge in [0.1, 0.15) is 0 Å². The molecule has 0 radical (unpaired) electrons. The summed E-state index contributed by atoms with van der Waals surface area (Å²) in [5.41, 5.74) is 2.80. The van der Waals surface area contributed by atoms with Crippen LogP contribution in [0.2, 0.25) is 0 Å². The van der Waals surface area contributed by atoms with Gasteiger partial charge in [-0.1, -0.05) is 12.1 Å². The largest absolute Gasteiger partial charge is 0.381 e. The van der Waals surface area contributed by atoms with E-state index in [-0.39, 0.29) is 12.5 Å². The molecule has 2 N–H and O–H groups in total. The minimum absolute atomic E-state index is 0.191. The Bertz CT molecular complexity index is 568. The van der Waals surface area contributed by atoms with E-state index in [0.717, 1.165) is 37.3 Å². The molecule has 1 fully saturated rings. The number of likely N-dealkylation sites (N-methyl/N-ethyl adjacent to an activating group) is 1. The van der Waals surface area contributed by atoms with E-state index in [1.165, 1.54) is 0 Å². The van der Waals surface area contributed by atoms with Crippen molar-refractivity contribution in [3.63, 3.8) is 0 Å². The summed E-state index contributed by atoms with van der Waals surface area (Å²) in [5.74, 6) is 0.158. The molecule has 23 heavy (non-hydrogen) atoms. The zero-order valence-electron chi connectivity index (χ0n) is 14.0. The summed E-state index contributed by atoms with van der Waals surface area (Å²) in [5, 5.41) is 5.09. The molecule has 2 rings (SSSR count). The molecule has 1 aromatic carbocycles. The fraction of sp³-hybridized carbons (Fsp3) is 0.529. The zero-order chi connectivity index (χ0) is 16.8. The van der Waals surface area contributed by atoms with Crippen LogP contribution >= 0.6 is 0 Å². The summed E-state index contributed by atoms with van der Waals surface area (Å²) >= 11 is 0. The molecular weight excluding hydrogens is 294 g/mol. The topological polar surface area (TPSA) is 70.7 Å². The van der Waals surface area contributed by atoms with Crippen molar-refractivity contribution in [2.45, 2.75) is 20.3 Å². The Morgan fingerprint density at radius 2 is 2.13 bits per heavy atom. The Morgan fingerprint density at radius 3 is 2.83 bits per heavy atom. The van der Waals surface area contributed by atoms with E-state index >= 15 is 0 Å². The van der Waals surface area contributed by atoms with Crippen molar-refractivity contribution < 1.29 is 14.3 Å². The van der Waals surface area contributed by atoms with Gasteiger partial charge < -0.3 is 10.1 Å². The first-order chi connectivity index (χ1) is 11.0. The van der Waals surface area contributed by atoms with Crippen LogP contribution in [0.3, 0.4) is 0 Å². The number of amides is 3. The maximum Gasteiger partial charge on any atom is 0.325 e. The first-order valence-corrected chi connectivity index (χ1v) is 7.89. The van der Waals surface area contributed by atoms with Gasteiger partial charge in [-0.3, -0.25) is 15.0 Å². The average molecular weight is 319 g/mol. The third kappa shape index (κ3) is 5.33. The molecule has 1 atom stereocenters. The van der Waals surface area contributed by atoms with Crippen LogP contribution in [0.25, 0.3) is 0 Å². The monoisotopic (exact) mass is 319 g/mol. The lowest BCUT2D eigenvalue weighted by Gasteiger charge is -2.19. The third-order valence-electron chi connectivity index (χ3n) is 4.11. The highest BCUT2D eigenvalue weighted by atomic mass is 16.5. The molecule has 6 nitrogen and oxygen atoms in total. The highest BCUT2D eigenvalue weighted by Crippen LogP contribution is 2.17. The maximum absolute atomic E-state index is 11.9. The highest BCUT2D eigenvalue weighted by Gasteiger charge is 2.19. The molecule has 3 amide bonds. The molecule has 1 heterocycles. The van der Waals surface area contributed by atoms with Crippen LogP contribution in [-0.4, -0.2) is 50.2 Å². The summed E-state index contributed by atoms with van der Waals surface area (Å²) in [7, 11) is 1.88. The van der Waals surface area contributed by atoms with Gasteiger partial charge in [0.15, 0.2) is 0 Å². The number of ether oxygens (including phenoxy) is 1. The summed E-state index contributed by atoms with van der Waals surface area (Å²) < 4.78 is 5.32. The van der Waals surface area contributed by atoms with Crippen molar-refractivity contribution in [3.05, 3.63) is 29.3 Å². The van der Waals surface area contributed by atoms with Gasteiger partial charge in [-0.2, -0.15) is 0 Å². The molecule has 0 spiro atoms. The van der Waals surface area contributed by atoms with E-state index < -0.39 is 6.03 Å². The number of hydrogen-bond donors (Lipinski definition) is 2.